The lowest BCUT2D eigenvalue weighted by Crippen LogP contribution is -2.22. The molecule has 178 valence electrons. The average molecular weight is 469 g/mol. The molecular weight excluding hydrogens is 440 g/mol. The van der Waals surface area contributed by atoms with Crippen molar-refractivity contribution in [2.24, 2.45) is 7.05 Å². The Hall–Kier alpha value is -4.04. The minimum Gasteiger partial charge on any atom is -0.478 e. The highest BCUT2D eigenvalue weighted by Crippen LogP contribution is 2.30. The van der Waals surface area contributed by atoms with Crippen molar-refractivity contribution in [1.82, 2.24) is 29.0 Å². The maximum atomic E-state index is 13.3. The van der Waals surface area contributed by atoms with Gasteiger partial charge in [0.1, 0.15) is 5.82 Å². The van der Waals surface area contributed by atoms with Crippen molar-refractivity contribution < 1.29 is 4.74 Å². The molecule has 0 spiro atoms. The summed E-state index contributed by atoms with van der Waals surface area (Å²) in [6, 6.07) is 13.8. The van der Waals surface area contributed by atoms with Gasteiger partial charge in [0.25, 0.3) is 0 Å². The number of rotatable bonds is 7. The van der Waals surface area contributed by atoms with Gasteiger partial charge in [0, 0.05) is 43.0 Å². The molecule has 5 aromatic rings. The number of nitrogens with zero attached hydrogens (tertiary/aromatic N) is 6. The molecule has 0 aliphatic heterocycles. The summed E-state index contributed by atoms with van der Waals surface area (Å²) in [5, 5.41) is 0.881. The maximum absolute atomic E-state index is 13.3. The van der Waals surface area contributed by atoms with Crippen LogP contribution in [0.5, 0.6) is 5.88 Å². The highest BCUT2D eigenvalue weighted by atomic mass is 16.5. The third kappa shape index (κ3) is 4.28. The lowest BCUT2D eigenvalue weighted by Gasteiger charge is -2.11. The van der Waals surface area contributed by atoms with Gasteiger partial charge in [-0.25, -0.2) is 19.3 Å². The van der Waals surface area contributed by atoms with Crippen LogP contribution in [0, 0.1) is 6.92 Å². The number of hydrogen-bond donors (Lipinski definition) is 0. The molecule has 0 unspecified atom stereocenters. The first-order chi connectivity index (χ1) is 16.9. The Morgan fingerprint density at radius 2 is 1.83 bits per heavy atom. The van der Waals surface area contributed by atoms with E-state index in [4.69, 9.17) is 4.74 Å². The van der Waals surface area contributed by atoms with E-state index >= 15 is 0 Å². The first kappa shape index (κ1) is 22.7. The summed E-state index contributed by atoms with van der Waals surface area (Å²) in [5.74, 6) is 1.23. The van der Waals surface area contributed by atoms with Crippen LogP contribution in [0.25, 0.3) is 38.9 Å². The molecular formula is C27H28N6O2. The fraction of sp³-hybridized carbons (Fsp3) is 0.259. The monoisotopic (exact) mass is 468 g/mol. The van der Waals surface area contributed by atoms with Gasteiger partial charge in [-0.15, -0.1) is 0 Å². The molecule has 0 radical (unpaired) electrons. The molecule has 0 saturated carbocycles. The molecule has 1 aromatic carbocycles. The number of imidazole rings is 1. The topological polar surface area (TPSA) is 78.1 Å². The van der Waals surface area contributed by atoms with E-state index in [0.29, 0.717) is 18.3 Å². The zero-order valence-corrected chi connectivity index (χ0v) is 20.4. The summed E-state index contributed by atoms with van der Waals surface area (Å²) < 4.78 is 9.07. The summed E-state index contributed by atoms with van der Waals surface area (Å²) >= 11 is 0. The molecule has 0 amide bonds. The standard InChI is InChI=1S/C27H28N6O2/c1-18-7-5-12-28-26(18)33-25-21-15-19(8-10-22(21)29-17-23(25)32(4)27(33)34)20-9-11-24(30-16-20)35-14-6-13-31(2)3/h5,7-12,15-17H,6,13-14H2,1-4H3. The van der Waals surface area contributed by atoms with Crippen molar-refractivity contribution in [2.75, 3.05) is 27.2 Å². The fourth-order valence-electron chi connectivity index (χ4n) is 4.28. The van der Waals surface area contributed by atoms with E-state index in [1.807, 2.05) is 63.6 Å². The summed E-state index contributed by atoms with van der Waals surface area (Å²) in [5.41, 5.74) is 5.07. The predicted molar refractivity (Wildman–Crippen MR) is 138 cm³/mol. The third-order valence-electron chi connectivity index (χ3n) is 6.15. The van der Waals surface area contributed by atoms with Crippen LogP contribution in [0.1, 0.15) is 12.0 Å². The lowest BCUT2D eigenvalue weighted by molar-refractivity contribution is 0.273. The normalized spacial score (nSPS) is 11.6. The van der Waals surface area contributed by atoms with Gasteiger partial charge >= 0.3 is 5.69 Å². The first-order valence-corrected chi connectivity index (χ1v) is 11.6. The largest absolute Gasteiger partial charge is 0.478 e. The van der Waals surface area contributed by atoms with Crippen LogP contribution in [-0.4, -0.2) is 56.2 Å². The summed E-state index contributed by atoms with van der Waals surface area (Å²) in [4.78, 5) is 29.0. The quantitative estimate of drug-likeness (QED) is 0.336. The van der Waals surface area contributed by atoms with Crippen molar-refractivity contribution in [3.8, 4) is 22.8 Å². The Morgan fingerprint density at radius 1 is 1.00 bits per heavy atom. The minimum absolute atomic E-state index is 0.154. The van der Waals surface area contributed by atoms with Crippen molar-refractivity contribution in [3.63, 3.8) is 0 Å². The summed E-state index contributed by atoms with van der Waals surface area (Å²) in [7, 11) is 5.86. The second-order valence-corrected chi connectivity index (χ2v) is 8.94. The Labute approximate surface area is 203 Å². The van der Waals surface area contributed by atoms with E-state index in [0.717, 1.165) is 51.6 Å². The molecule has 5 rings (SSSR count). The highest BCUT2D eigenvalue weighted by molar-refractivity contribution is 6.04. The van der Waals surface area contributed by atoms with E-state index in [9.17, 15) is 4.79 Å². The Kier molecular flexibility index (Phi) is 6.05. The molecule has 0 fully saturated rings. The van der Waals surface area contributed by atoms with Gasteiger partial charge in [-0.2, -0.15) is 0 Å². The van der Waals surface area contributed by atoms with Crippen molar-refractivity contribution in [1.29, 1.82) is 0 Å². The van der Waals surface area contributed by atoms with Gasteiger partial charge in [-0.3, -0.25) is 9.55 Å². The summed E-state index contributed by atoms with van der Waals surface area (Å²) in [6.45, 7) is 3.56. The number of aromatic nitrogens is 5. The average Bonchev–Trinajstić information content (AvgIpc) is 3.12. The van der Waals surface area contributed by atoms with Crippen LogP contribution in [0.3, 0.4) is 0 Å². The van der Waals surface area contributed by atoms with Gasteiger partial charge in [0.2, 0.25) is 5.88 Å². The number of pyridine rings is 3. The second kappa shape index (κ2) is 9.31. The fourth-order valence-corrected chi connectivity index (χ4v) is 4.28. The zero-order valence-electron chi connectivity index (χ0n) is 20.4. The van der Waals surface area contributed by atoms with E-state index < -0.39 is 0 Å². The number of hydrogen-bond acceptors (Lipinski definition) is 6. The second-order valence-electron chi connectivity index (χ2n) is 8.94. The zero-order chi connectivity index (χ0) is 24.5. The SMILES string of the molecule is Cc1cccnc1-n1c(=O)n(C)c2cnc3ccc(-c4ccc(OCCCN(C)C)nc4)cc3c21. The van der Waals surface area contributed by atoms with Crippen LogP contribution >= 0.6 is 0 Å². The van der Waals surface area contributed by atoms with Crippen LogP contribution in [0.2, 0.25) is 0 Å². The van der Waals surface area contributed by atoms with Gasteiger partial charge in [0.15, 0.2) is 0 Å². The maximum Gasteiger partial charge on any atom is 0.334 e. The number of ether oxygens (including phenoxy) is 1. The Balaban J connectivity index is 1.57. The first-order valence-electron chi connectivity index (χ1n) is 11.6. The van der Waals surface area contributed by atoms with Crippen LogP contribution < -0.4 is 10.4 Å². The Morgan fingerprint density at radius 3 is 2.57 bits per heavy atom. The molecule has 8 nitrogen and oxygen atoms in total. The van der Waals surface area contributed by atoms with Gasteiger partial charge in [0.05, 0.1) is 29.4 Å². The summed E-state index contributed by atoms with van der Waals surface area (Å²) in [6.07, 6.45) is 6.21. The molecule has 8 heteroatoms. The van der Waals surface area contributed by atoms with Gasteiger partial charge < -0.3 is 9.64 Å². The molecule has 35 heavy (non-hydrogen) atoms. The van der Waals surface area contributed by atoms with Crippen molar-refractivity contribution in [2.45, 2.75) is 13.3 Å². The smallest absolute Gasteiger partial charge is 0.334 e. The van der Waals surface area contributed by atoms with Gasteiger partial charge in [-0.1, -0.05) is 12.1 Å². The minimum atomic E-state index is -0.154. The van der Waals surface area contributed by atoms with E-state index in [-0.39, 0.29) is 5.69 Å². The van der Waals surface area contributed by atoms with E-state index in [1.54, 1.807) is 28.6 Å². The van der Waals surface area contributed by atoms with Crippen molar-refractivity contribution in [3.05, 3.63) is 77.1 Å². The molecule has 0 aliphatic rings. The molecule has 0 bridgehead atoms. The number of aryl methyl sites for hydroxylation is 2. The predicted octanol–water partition coefficient (Wildman–Crippen LogP) is 3.97. The van der Waals surface area contributed by atoms with E-state index in [1.165, 1.54) is 0 Å². The Bertz CT molecular complexity index is 1570. The molecule has 0 saturated heterocycles. The highest BCUT2D eigenvalue weighted by Gasteiger charge is 2.18. The molecule has 0 aliphatic carbocycles. The molecule has 0 N–H and O–H groups in total. The number of benzene rings is 1. The molecule has 4 heterocycles. The molecule has 0 atom stereocenters. The van der Waals surface area contributed by atoms with E-state index in [2.05, 4.69) is 25.9 Å². The van der Waals surface area contributed by atoms with Crippen LogP contribution in [0.15, 0.2) is 65.8 Å². The van der Waals surface area contributed by atoms with Gasteiger partial charge in [-0.05, 0) is 62.8 Å². The third-order valence-corrected chi connectivity index (χ3v) is 6.15. The van der Waals surface area contributed by atoms with Crippen LogP contribution in [0.4, 0.5) is 0 Å². The number of fused-ring (bicyclic) bond motifs is 3. The lowest BCUT2D eigenvalue weighted by atomic mass is 10.0. The van der Waals surface area contributed by atoms with Crippen LogP contribution in [-0.2, 0) is 7.05 Å². The molecule has 4 aromatic heterocycles. The van der Waals surface area contributed by atoms with Crippen molar-refractivity contribution >= 4 is 21.9 Å².